The summed E-state index contributed by atoms with van der Waals surface area (Å²) in [6.07, 6.45) is 7.02. The van der Waals surface area contributed by atoms with Crippen LogP contribution in [0.1, 0.15) is 49.3 Å². The monoisotopic (exact) mass is 372 g/mol. The lowest BCUT2D eigenvalue weighted by Gasteiger charge is -2.37. The molecule has 1 aromatic rings. The van der Waals surface area contributed by atoms with Crippen molar-refractivity contribution in [2.45, 2.75) is 44.4 Å². The first-order chi connectivity index (χ1) is 13.2. The number of rotatable bonds is 5. The highest BCUT2D eigenvalue weighted by molar-refractivity contribution is 5.69. The molecule has 2 fully saturated rings. The highest BCUT2D eigenvalue weighted by atomic mass is 16.4. The average molecular weight is 373 g/mol. The fourth-order valence-electron chi connectivity index (χ4n) is 4.87. The number of aromatic nitrogens is 1. The van der Waals surface area contributed by atoms with Gasteiger partial charge in [-0.15, -0.1) is 0 Å². The topological polar surface area (TPSA) is 68.7 Å². The number of piperidine rings is 2. The predicted molar refractivity (Wildman–Crippen MR) is 106 cm³/mol. The van der Waals surface area contributed by atoms with Crippen LogP contribution in [0.3, 0.4) is 0 Å². The molecule has 0 spiro atoms. The number of hydrogen-bond donors (Lipinski definition) is 2. The third-order valence-electron chi connectivity index (χ3n) is 6.50. The lowest BCUT2D eigenvalue weighted by molar-refractivity contribution is -0.138. The number of pyridine rings is 1. The minimum Gasteiger partial charge on any atom is -0.480 e. The molecule has 2 N–H and O–H groups in total. The lowest BCUT2D eigenvalue weighted by atomic mass is 9.90. The van der Waals surface area contributed by atoms with Crippen molar-refractivity contribution in [3.8, 4) is 0 Å². The lowest BCUT2D eigenvalue weighted by Crippen LogP contribution is -2.42. The molecular weight excluding hydrogens is 340 g/mol. The molecule has 3 aliphatic heterocycles. The number of carboxylic acids is 1. The Bertz CT molecular complexity index is 650. The molecule has 0 radical (unpaired) electrons. The SMILES string of the molecule is O=C(O)CN1CCC(CN2CCC(c3ccc4c(n3)NCCC4)CC2)CC1. The van der Waals surface area contributed by atoms with Gasteiger partial charge in [0.2, 0.25) is 0 Å². The van der Waals surface area contributed by atoms with Crippen LogP contribution < -0.4 is 5.32 Å². The molecule has 6 nitrogen and oxygen atoms in total. The number of anilines is 1. The zero-order chi connectivity index (χ0) is 18.6. The number of aryl methyl sites for hydroxylation is 1. The maximum atomic E-state index is 10.8. The van der Waals surface area contributed by atoms with Crippen molar-refractivity contribution in [1.29, 1.82) is 0 Å². The Kier molecular flexibility index (Phi) is 5.93. The predicted octanol–water partition coefficient (Wildman–Crippen LogP) is 2.42. The molecule has 0 saturated carbocycles. The van der Waals surface area contributed by atoms with E-state index in [1.54, 1.807) is 0 Å². The number of hydrogen-bond acceptors (Lipinski definition) is 5. The van der Waals surface area contributed by atoms with Crippen LogP contribution in [0.15, 0.2) is 12.1 Å². The summed E-state index contributed by atoms with van der Waals surface area (Å²) in [5.41, 5.74) is 2.64. The normalized spacial score (nSPS) is 23.0. The summed E-state index contributed by atoms with van der Waals surface area (Å²) in [6, 6.07) is 4.53. The van der Waals surface area contributed by atoms with E-state index < -0.39 is 5.97 Å². The first-order valence-electron chi connectivity index (χ1n) is 10.6. The molecule has 148 valence electrons. The number of aliphatic carboxylic acids is 1. The number of nitrogens with zero attached hydrogens (tertiary/aromatic N) is 3. The second kappa shape index (κ2) is 8.57. The Hall–Kier alpha value is -1.66. The molecule has 3 aliphatic rings. The maximum absolute atomic E-state index is 10.8. The third-order valence-corrected chi connectivity index (χ3v) is 6.50. The van der Waals surface area contributed by atoms with Gasteiger partial charge in [-0.05, 0) is 82.3 Å². The number of likely N-dealkylation sites (tertiary alicyclic amines) is 2. The molecule has 27 heavy (non-hydrogen) atoms. The van der Waals surface area contributed by atoms with Crippen LogP contribution >= 0.6 is 0 Å². The van der Waals surface area contributed by atoms with E-state index in [4.69, 9.17) is 10.1 Å². The van der Waals surface area contributed by atoms with Gasteiger partial charge < -0.3 is 15.3 Å². The van der Waals surface area contributed by atoms with E-state index in [1.807, 2.05) is 0 Å². The largest absolute Gasteiger partial charge is 0.480 e. The summed E-state index contributed by atoms with van der Waals surface area (Å²) in [5, 5.41) is 12.4. The molecule has 0 amide bonds. The zero-order valence-electron chi connectivity index (χ0n) is 16.2. The van der Waals surface area contributed by atoms with E-state index in [0.29, 0.717) is 5.92 Å². The van der Waals surface area contributed by atoms with Crippen molar-refractivity contribution >= 4 is 11.8 Å². The van der Waals surface area contributed by atoms with Crippen molar-refractivity contribution in [1.82, 2.24) is 14.8 Å². The Morgan fingerprint density at radius 2 is 1.85 bits per heavy atom. The van der Waals surface area contributed by atoms with Crippen molar-refractivity contribution in [2.24, 2.45) is 5.92 Å². The van der Waals surface area contributed by atoms with Gasteiger partial charge in [-0.1, -0.05) is 6.07 Å². The van der Waals surface area contributed by atoms with Gasteiger partial charge in [0.05, 0.1) is 6.54 Å². The highest BCUT2D eigenvalue weighted by Gasteiger charge is 2.26. The summed E-state index contributed by atoms with van der Waals surface area (Å²) < 4.78 is 0. The number of fused-ring (bicyclic) bond motifs is 1. The van der Waals surface area contributed by atoms with Gasteiger partial charge in [-0.2, -0.15) is 0 Å². The second-order valence-electron chi connectivity index (χ2n) is 8.46. The quantitative estimate of drug-likeness (QED) is 0.827. The Morgan fingerprint density at radius 1 is 1.11 bits per heavy atom. The molecule has 0 unspecified atom stereocenters. The molecule has 4 heterocycles. The molecule has 0 aliphatic carbocycles. The number of carboxylic acid groups (broad SMARTS) is 1. The van der Waals surface area contributed by atoms with Crippen molar-refractivity contribution in [3.05, 3.63) is 23.4 Å². The Morgan fingerprint density at radius 3 is 2.59 bits per heavy atom. The molecule has 0 atom stereocenters. The van der Waals surface area contributed by atoms with Crippen LogP contribution in [0.2, 0.25) is 0 Å². The van der Waals surface area contributed by atoms with Crippen LogP contribution in [0.25, 0.3) is 0 Å². The van der Waals surface area contributed by atoms with Crippen LogP contribution in [0.4, 0.5) is 5.82 Å². The Labute approximate surface area is 161 Å². The molecule has 2 saturated heterocycles. The maximum Gasteiger partial charge on any atom is 0.317 e. The molecule has 0 aromatic carbocycles. The van der Waals surface area contributed by atoms with Crippen molar-refractivity contribution in [3.63, 3.8) is 0 Å². The fraction of sp³-hybridized carbons (Fsp3) is 0.714. The summed E-state index contributed by atoms with van der Waals surface area (Å²) in [7, 11) is 0. The fourth-order valence-corrected chi connectivity index (χ4v) is 4.87. The van der Waals surface area contributed by atoms with Gasteiger partial charge in [-0.3, -0.25) is 9.69 Å². The minimum absolute atomic E-state index is 0.195. The molecular formula is C21H32N4O2. The van der Waals surface area contributed by atoms with Gasteiger partial charge in [0.15, 0.2) is 0 Å². The molecule has 0 bridgehead atoms. The molecule has 6 heteroatoms. The minimum atomic E-state index is -0.707. The molecule has 1 aromatic heterocycles. The van der Waals surface area contributed by atoms with Crippen LogP contribution in [-0.2, 0) is 11.2 Å². The van der Waals surface area contributed by atoms with E-state index in [9.17, 15) is 4.79 Å². The summed E-state index contributed by atoms with van der Waals surface area (Å²) in [4.78, 5) is 20.4. The average Bonchev–Trinajstić information content (AvgIpc) is 2.69. The standard InChI is InChI=1S/C21H32N4O2/c26-20(27)15-25-10-5-16(6-11-25)14-24-12-7-17(8-13-24)19-4-3-18-2-1-9-22-21(18)23-19/h3-4,16-17H,1-2,5-15H2,(H,22,23)(H,26,27). The number of nitrogens with one attached hydrogen (secondary N) is 1. The summed E-state index contributed by atoms with van der Waals surface area (Å²) in [5.74, 6) is 1.72. The summed E-state index contributed by atoms with van der Waals surface area (Å²) >= 11 is 0. The van der Waals surface area contributed by atoms with Gasteiger partial charge in [0, 0.05) is 24.7 Å². The first-order valence-corrected chi connectivity index (χ1v) is 10.6. The number of carbonyl (C=O) groups is 1. The van der Waals surface area contributed by atoms with E-state index in [1.165, 1.54) is 37.1 Å². The second-order valence-corrected chi connectivity index (χ2v) is 8.46. The summed E-state index contributed by atoms with van der Waals surface area (Å²) in [6.45, 7) is 6.60. The Balaban J connectivity index is 1.23. The highest BCUT2D eigenvalue weighted by Crippen LogP contribution is 2.30. The van der Waals surface area contributed by atoms with Crippen LogP contribution in [-0.4, -0.2) is 71.7 Å². The van der Waals surface area contributed by atoms with Gasteiger partial charge in [0.1, 0.15) is 5.82 Å². The van der Waals surface area contributed by atoms with E-state index in [-0.39, 0.29) is 6.54 Å². The van der Waals surface area contributed by atoms with Crippen molar-refractivity contribution < 1.29 is 9.90 Å². The third kappa shape index (κ3) is 4.79. The van der Waals surface area contributed by atoms with Gasteiger partial charge >= 0.3 is 5.97 Å². The van der Waals surface area contributed by atoms with E-state index in [0.717, 1.165) is 63.7 Å². The van der Waals surface area contributed by atoms with Crippen molar-refractivity contribution in [2.75, 3.05) is 51.1 Å². The van der Waals surface area contributed by atoms with Crippen LogP contribution in [0.5, 0.6) is 0 Å². The van der Waals surface area contributed by atoms with E-state index >= 15 is 0 Å². The van der Waals surface area contributed by atoms with E-state index in [2.05, 4.69) is 27.2 Å². The molecule has 4 rings (SSSR count). The van der Waals surface area contributed by atoms with Gasteiger partial charge in [-0.25, -0.2) is 4.98 Å². The smallest absolute Gasteiger partial charge is 0.317 e. The zero-order valence-corrected chi connectivity index (χ0v) is 16.2. The van der Waals surface area contributed by atoms with Gasteiger partial charge in [0.25, 0.3) is 0 Å². The first kappa shape index (κ1) is 18.7. The van der Waals surface area contributed by atoms with Crippen LogP contribution in [0, 0.1) is 5.92 Å².